The number of phenols is 1. The van der Waals surface area contributed by atoms with E-state index in [0.29, 0.717) is 16.3 Å². The Balaban J connectivity index is 2.54. The normalized spacial score (nSPS) is 10.2. The molecule has 20 heavy (non-hydrogen) atoms. The van der Waals surface area contributed by atoms with Crippen molar-refractivity contribution >= 4 is 17.4 Å². The van der Waals surface area contributed by atoms with Gasteiger partial charge in [-0.1, -0.05) is 23.7 Å². The molecule has 0 aliphatic heterocycles. The molecule has 0 heterocycles. The van der Waals surface area contributed by atoms with Crippen LogP contribution >= 0.6 is 11.6 Å². The predicted octanol–water partition coefficient (Wildman–Crippen LogP) is 3.29. The summed E-state index contributed by atoms with van der Waals surface area (Å²) >= 11 is 5.87. The molecular formula is C15H13ClO4. The predicted molar refractivity (Wildman–Crippen MR) is 76.1 cm³/mol. The zero-order chi connectivity index (χ0) is 14.7. The first-order valence-electron chi connectivity index (χ1n) is 5.82. The first kappa shape index (κ1) is 14.2. The SMILES string of the molecule is COc1cc(O)c(C(=O)c2cccc(Cl)c2)c(OC)c1. The van der Waals surface area contributed by atoms with Gasteiger partial charge in [0.05, 0.1) is 14.2 Å². The maximum atomic E-state index is 12.5. The van der Waals surface area contributed by atoms with E-state index in [1.165, 1.54) is 32.4 Å². The topological polar surface area (TPSA) is 55.8 Å². The van der Waals surface area contributed by atoms with E-state index in [0.717, 1.165) is 0 Å². The van der Waals surface area contributed by atoms with Crippen molar-refractivity contribution in [3.05, 3.63) is 52.5 Å². The van der Waals surface area contributed by atoms with Gasteiger partial charge in [0.2, 0.25) is 5.78 Å². The van der Waals surface area contributed by atoms with Gasteiger partial charge >= 0.3 is 0 Å². The summed E-state index contributed by atoms with van der Waals surface area (Å²) in [6, 6.07) is 9.40. The van der Waals surface area contributed by atoms with Crippen molar-refractivity contribution in [2.75, 3.05) is 14.2 Å². The Labute approximate surface area is 121 Å². The monoisotopic (exact) mass is 292 g/mol. The fraction of sp³-hybridized carbons (Fsp3) is 0.133. The van der Waals surface area contributed by atoms with Gasteiger partial charge in [-0.15, -0.1) is 0 Å². The Morgan fingerprint density at radius 3 is 2.50 bits per heavy atom. The molecule has 0 radical (unpaired) electrons. The third-order valence-corrected chi connectivity index (χ3v) is 3.06. The van der Waals surface area contributed by atoms with Crippen LogP contribution in [0.3, 0.4) is 0 Å². The molecule has 104 valence electrons. The molecule has 0 aromatic heterocycles. The molecule has 0 saturated heterocycles. The number of ketones is 1. The van der Waals surface area contributed by atoms with E-state index in [1.54, 1.807) is 18.2 Å². The molecule has 0 saturated carbocycles. The summed E-state index contributed by atoms with van der Waals surface area (Å²) in [6.07, 6.45) is 0. The molecule has 0 aliphatic rings. The van der Waals surface area contributed by atoms with E-state index in [4.69, 9.17) is 21.1 Å². The summed E-state index contributed by atoms with van der Waals surface area (Å²) in [5.41, 5.74) is 0.451. The minimum absolute atomic E-state index is 0.0792. The molecule has 0 bridgehead atoms. The van der Waals surface area contributed by atoms with Gasteiger partial charge < -0.3 is 14.6 Å². The second kappa shape index (κ2) is 5.84. The molecular weight excluding hydrogens is 280 g/mol. The molecule has 2 aromatic carbocycles. The molecule has 2 aromatic rings. The lowest BCUT2D eigenvalue weighted by molar-refractivity contribution is 0.103. The van der Waals surface area contributed by atoms with Crippen molar-refractivity contribution in [1.29, 1.82) is 0 Å². The average Bonchev–Trinajstić information content (AvgIpc) is 2.45. The average molecular weight is 293 g/mol. The highest BCUT2D eigenvalue weighted by Crippen LogP contribution is 2.35. The van der Waals surface area contributed by atoms with Crippen LogP contribution in [0, 0.1) is 0 Å². The number of halogens is 1. The summed E-state index contributed by atoms with van der Waals surface area (Å²) in [5, 5.41) is 10.5. The number of carbonyl (C=O) groups excluding carboxylic acids is 1. The first-order chi connectivity index (χ1) is 9.56. The van der Waals surface area contributed by atoms with Crippen LogP contribution in [0.15, 0.2) is 36.4 Å². The molecule has 4 nitrogen and oxygen atoms in total. The van der Waals surface area contributed by atoms with Crippen molar-refractivity contribution in [3.63, 3.8) is 0 Å². The number of benzene rings is 2. The zero-order valence-electron chi connectivity index (χ0n) is 11.0. The van der Waals surface area contributed by atoms with Crippen LogP contribution in [0.1, 0.15) is 15.9 Å². The third-order valence-electron chi connectivity index (χ3n) is 2.82. The number of phenolic OH excluding ortho intramolecular Hbond substituents is 1. The van der Waals surface area contributed by atoms with E-state index in [1.807, 2.05) is 0 Å². The maximum absolute atomic E-state index is 12.5. The van der Waals surface area contributed by atoms with Gasteiger partial charge in [0.15, 0.2) is 0 Å². The zero-order valence-corrected chi connectivity index (χ0v) is 11.8. The van der Waals surface area contributed by atoms with Crippen LogP contribution in [0.25, 0.3) is 0 Å². The lowest BCUT2D eigenvalue weighted by atomic mass is 10.0. The summed E-state index contributed by atoms with van der Waals surface area (Å²) in [7, 11) is 2.88. The number of rotatable bonds is 4. The van der Waals surface area contributed by atoms with Gasteiger partial charge in [0.1, 0.15) is 22.8 Å². The summed E-state index contributed by atoms with van der Waals surface area (Å²) in [5.74, 6) is 0.0736. The largest absolute Gasteiger partial charge is 0.507 e. The molecule has 5 heteroatoms. The molecule has 0 atom stereocenters. The van der Waals surface area contributed by atoms with Gasteiger partial charge in [-0.25, -0.2) is 0 Å². The molecule has 2 rings (SSSR count). The Morgan fingerprint density at radius 2 is 1.90 bits per heavy atom. The molecule has 0 spiro atoms. The standard InChI is InChI=1S/C15H13ClO4/c1-19-11-7-12(17)14(13(8-11)20-2)15(18)9-4-3-5-10(16)6-9/h3-8,17H,1-2H3. The van der Waals surface area contributed by atoms with Crippen molar-refractivity contribution < 1.29 is 19.4 Å². The van der Waals surface area contributed by atoms with E-state index in [9.17, 15) is 9.90 Å². The second-order valence-electron chi connectivity index (χ2n) is 4.06. The molecule has 0 unspecified atom stereocenters. The van der Waals surface area contributed by atoms with Gasteiger partial charge in [-0.2, -0.15) is 0 Å². The van der Waals surface area contributed by atoms with Crippen molar-refractivity contribution in [3.8, 4) is 17.2 Å². The van der Waals surface area contributed by atoms with E-state index in [2.05, 4.69) is 0 Å². The maximum Gasteiger partial charge on any atom is 0.200 e. The van der Waals surface area contributed by atoms with Crippen molar-refractivity contribution in [2.24, 2.45) is 0 Å². The van der Waals surface area contributed by atoms with Crippen LogP contribution in [0.4, 0.5) is 0 Å². The van der Waals surface area contributed by atoms with Gasteiger partial charge in [0.25, 0.3) is 0 Å². The van der Waals surface area contributed by atoms with Crippen molar-refractivity contribution in [1.82, 2.24) is 0 Å². The highest BCUT2D eigenvalue weighted by Gasteiger charge is 2.20. The fourth-order valence-electron chi connectivity index (χ4n) is 1.86. The summed E-state index contributed by atoms with van der Waals surface area (Å²) in [6.45, 7) is 0. The second-order valence-corrected chi connectivity index (χ2v) is 4.50. The number of hydrogen-bond donors (Lipinski definition) is 1. The van der Waals surface area contributed by atoms with Gasteiger partial charge in [-0.05, 0) is 12.1 Å². The van der Waals surface area contributed by atoms with Gasteiger partial charge in [-0.3, -0.25) is 4.79 Å². The van der Waals surface area contributed by atoms with E-state index in [-0.39, 0.29) is 22.8 Å². The Bertz CT molecular complexity index is 652. The van der Waals surface area contributed by atoms with Crippen molar-refractivity contribution in [2.45, 2.75) is 0 Å². The van der Waals surface area contributed by atoms with Crippen LogP contribution < -0.4 is 9.47 Å². The lowest BCUT2D eigenvalue weighted by Gasteiger charge is -2.12. The minimum atomic E-state index is -0.371. The third kappa shape index (κ3) is 2.70. The fourth-order valence-corrected chi connectivity index (χ4v) is 2.05. The van der Waals surface area contributed by atoms with E-state index < -0.39 is 0 Å². The first-order valence-corrected chi connectivity index (χ1v) is 6.20. The summed E-state index contributed by atoms with van der Waals surface area (Å²) < 4.78 is 10.2. The van der Waals surface area contributed by atoms with Crippen LogP contribution in [0.5, 0.6) is 17.2 Å². The Kier molecular flexibility index (Phi) is 4.15. The summed E-state index contributed by atoms with van der Waals surface area (Å²) in [4.78, 5) is 12.5. The molecule has 1 N–H and O–H groups in total. The number of ether oxygens (including phenoxy) is 2. The molecule has 0 amide bonds. The van der Waals surface area contributed by atoms with Crippen LogP contribution in [0.2, 0.25) is 5.02 Å². The van der Waals surface area contributed by atoms with Crippen LogP contribution in [-0.4, -0.2) is 25.1 Å². The molecule has 0 fully saturated rings. The number of aromatic hydroxyl groups is 1. The molecule has 0 aliphatic carbocycles. The van der Waals surface area contributed by atoms with Gasteiger partial charge in [0, 0.05) is 22.7 Å². The lowest BCUT2D eigenvalue weighted by Crippen LogP contribution is -2.05. The van der Waals surface area contributed by atoms with Crippen LogP contribution in [-0.2, 0) is 0 Å². The quantitative estimate of drug-likeness (QED) is 0.879. The Morgan fingerprint density at radius 1 is 1.15 bits per heavy atom. The Hall–Kier alpha value is -2.20. The smallest absolute Gasteiger partial charge is 0.200 e. The number of hydrogen-bond acceptors (Lipinski definition) is 4. The minimum Gasteiger partial charge on any atom is -0.507 e. The van der Waals surface area contributed by atoms with E-state index >= 15 is 0 Å². The highest BCUT2D eigenvalue weighted by atomic mass is 35.5. The number of carbonyl (C=O) groups is 1. The highest BCUT2D eigenvalue weighted by molar-refractivity contribution is 6.31. The number of methoxy groups -OCH3 is 2.